The zero-order valence-electron chi connectivity index (χ0n) is 22.3. The standard InChI is InChI=1S/C21H20N2O3.C11H9NO2/c1-12-8-13(2)19(14(3)9-12)23-21(26)22-18-11-16-7-5-4-6-15(16)10-17(18)20(24)25;12-10-6-8-4-2-1-3-7(8)5-9(10)11(13)14/h4-11H,1-3H3,(H,24,25)(H2,22,23,26);1-6H,12H2,(H,13,14). The summed E-state index contributed by atoms with van der Waals surface area (Å²) in [5, 5.41) is 27.3. The van der Waals surface area contributed by atoms with E-state index in [1.165, 1.54) is 0 Å². The first-order valence-corrected chi connectivity index (χ1v) is 12.5. The molecule has 5 rings (SSSR count). The summed E-state index contributed by atoms with van der Waals surface area (Å²) in [6.45, 7) is 5.85. The molecule has 2 amide bonds. The van der Waals surface area contributed by atoms with Crippen molar-refractivity contribution < 1.29 is 24.6 Å². The summed E-state index contributed by atoms with van der Waals surface area (Å²) in [6.07, 6.45) is 0. The first-order chi connectivity index (χ1) is 19.0. The van der Waals surface area contributed by atoms with E-state index < -0.39 is 18.0 Å². The molecule has 0 aliphatic heterocycles. The molecule has 0 radical (unpaired) electrons. The van der Waals surface area contributed by atoms with Crippen LogP contribution in [-0.4, -0.2) is 28.2 Å². The Bertz CT molecular complexity index is 1760. The molecule has 0 spiro atoms. The molecule has 0 atom stereocenters. The van der Waals surface area contributed by atoms with Crippen LogP contribution in [0.25, 0.3) is 21.5 Å². The van der Waals surface area contributed by atoms with Crippen molar-refractivity contribution in [2.24, 2.45) is 0 Å². The fraction of sp³-hybridized carbons (Fsp3) is 0.0938. The minimum atomic E-state index is -1.09. The highest BCUT2D eigenvalue weighted by Crippen LogP contribution is 2.26. The van der Waals surface area contributed by atoms with Gasteiger partial charge in [-0.3, -0.25) is 0 Å². The Morgan fingerprint density at radius 1 is 0.625 bits per heavy atom. The van der Waals surface area contributed by atoms with Crippen molar-refractivity contribution in [3.05, 3.63) is 113 Å². The number of aryl methyl sites for hydroxylation is 3. The number of urea groups is 1. The van der Waals surface area contributed by atoms with E-state index in [2.05, 4.69) is 10.6 Å². The van der Waals surface area contributed by atoms with Crippen LogP contribution in [0.5, 0.6) is 0 Å². The number of nitrogens with two attached hydrogens (primary N) is 1. The molecule has 0 fully saturated rings. The molecule has 5 aromatic carbocycles. The third-order valence-electron chi connectivity index (χ3n) is 6.43. The maximum absolute atomic E-state index is 12.5. The second-order valence-electron chi connectivity index (χ2n) is 9.49. The Morgan fingerprint density at radius 2 is 1.07 bits per heavy atom. The number of rotatable bonds is 4. The lowest BCUT2D eigenvalue weighted by Crippen LogP contribution is -2.22. The molecule has 8 heteroatoms. The van der Waals surface area contributed by atoms with Crippen molar-refractivity contribution in [2.75, 3.05) is 16.4 Å². The van der Waals surface area contributed by atoms with E-state index in [1.807, 2.05) is 81.4 Å². The van der Waals surface area contributed by atoms with E-state index in [0.29, 0.717) is 5.69 Å². The van der Waals surface area contributed by atoms with E-state index in [1.54, 1.807) is 24.3 Å². The fourth-order valence-corrected chi connectivity index (χ4v) is 4.61. The van der Waals surface area contributed by atoms with Gasteiger partial charge in [0.25, 0.3) is 0 Å². The largest absolute Gasteiger partial charge is 0.478 e. The molecule has 0 saturated heterocycles. The lowest BCUT2D eigenvalue weighted by molar-refractivity contribution is 0.0687. The summed E-state index contributed by atoms with van der Waals surface area (Å²) < 4.78 is 0. The van der Waals surface area contributed by atoms with Crippen LogP contribution in [0.15, 0.2) is 84.9 Å². The van der Waals surface area contributed by atoms with Crippen LogP contribution in [0, 0.1) is 20.8 Å². The van der Waals surface area contributed by atoms with Crippen LogP contribution in [0.4, 0.5) is 21.9 Å². The molecule has 8 nitrogen and oxygen atoms in total. The Morgan fingerprint density at radius 3 is 1.57 bits per heavy atom. The quantitative estimate of drug-likeness (QED) is 0.154. The maximum atomic E-state index is 12.5. The highest BCUT2D eigenvalue weighted by Gasteiger charge is 2.15. The van der Waals surface area contributed by atoms with Crippen LogP contribution in [-0.2, 0) is 0 Å². The van der Waals surface area contributed by atoms with Crippen LogP contribution in [0.2, 0.25) is 0 Å². The number of benzene rings is 5. The molecular weight excluding hydrogens is 506 g/mol. The monoisotopic (exact) mass is 535 g/mol. The number of nitrogen functional groups attached to an aromatic ring is 1. The summed E-state index contributed by atoms with van der Waals surface area (Å²) in [6, 6.07) is 24.9. The van der Waals surface area contributed by atoms with E-state index in [-0.39, 0.29) is 16.8 Å². The van der Waals surface area contributed by atoms with Gasteiger partial charge in [0, 0.05) is 11.4 Å². The number of carbonyl (C=O) groups is 3. The van der Waals surface area contributed by atoms with E-state index in [0.717, 1.165) is 43.9 Å². The zero-order chi connectivity index (χ0) is 29.0. The van der Waals surface area contributed by atoms with Gasteiger partial charge in [-0.2, -0.15) is 0 Å². The minimum Gasteiger partial charge on any atom is -0.478 e. The van der Waals surface area contributed by atoms with Crippen molar-refractivity contribution >= 4 is 56.6 Å². The Kier molecular flexibility index (Phi) is 8.00. The molecule has 0 aliphatic carbocycles. The summed E-state index contributed by atoms with van der Waals surface area (Å²) in [5.74, 6) is -2.08. The Hall–Kier alpha value is -5.37. The van der Waals surface area contributed by atoms with Crippen molar-refractivity contribution in [3.8, 4) is 0 Å². The van der Waals surface area contributed by atoms with Gasteiger partial charge in [0.15, 0.2) is 0 Å². The number of amides is 2. The first kappa shape index (κ1) is 27.7. The molecule has 0 bridgehead atoms. The van der Waals surface area contributed by atoms with Crippen LogP contribution >= 0.6 is 0 Å². The molecular formula is C32H29N3O5. The third-order valence-corrected chi connectivity index (χ3v) is 6.43. The summed E-state index contributed by atoms with van der Waals surface area (Å²) in [4.78, 5) is 34.8. The molecule has 40 heavy (non-hydrogen) atoms. The van der Waals surface area contributed by atoms with Gasteiger partial charge >= 0.3 is 18.0 Å². The molecule has 0 heterocycles. The van der Waals surface area contributed by atoms with Gasteiger partial charge in [-0.1, -0.05) is 66.2 Å². The number of hydrogen-bond acceptors (Lipinski definition) is 4. The van der Waals surface area contributed by atoms with Crippen molar-refractivity contribution in [1.82, 2.24) is 0 Å². The minimum absolute atomic E-state index is 0.0520. The number of anilines is 3. The lowest BCUT2D eigenvalue weighted by atomic mass is 10.0. The predicted octanol–water partition coefficient (Wildman–Crippen LogP) is 7.23. The average Bonchev–Trinajstić information content (AvgIpc) is 2.90. The molecule has 0 aromatic heterocycles. The lowest BCUT2D eigenvalue weighted by Gasteiger charge is -2.15. The maximum Gasteiger partial charge on any atom is 0.337 e. The van der Waals surface area contributed by atoms with Gasteiger partial charge in [0.1, 0.15) is 0 Å². The fourth-order valence-electron chi connectivity index (χ4n) is 4.61. The van der Waals surface area contributed by atoms with Gasteiger partial charge in [-0.15, -0.1) is 0 Å². The van der Waals surface area contributed by atoms with E-state index in [9.17, 15) is 19.5 Å². The number of carboxylic acids is 2. The SMILES string of the molecule is Cc1cc(C)c(NC(=O)Nc2cc3ccccc3cc2C(=O)O)c(C)c1.Nc1cc2ccccc2cc1C(=O)O. The normalized spacial score (nSPS) is 10.5. The summed E-state index contributed by atoms with van der Waals surface area (Å²) in [7, 11) is 0. The molecule has 202 valence electrons. The molecule has 0 saturated carbocycles. The third kappa shape index (κ3) is 6.19. The van der Waals surface area contributed by atoms with Gasteiger partial charge in [0.05, 0.1) is 16.8 Å². The molecule has 0 aliphatic rings. The smallest absolute Gasteiger partial charge is 0.337 e. The molecule has 6 N–H and O–H groups in total. The van der Waals surface area contributed by atoms with Crippen LogP contribution in [0.1, 0.15) is 37.4 Å². The zero-order valence-corrected chi connectivity index (χ0v) is 22.3. The highest BCUT2D eigenvalue weighted by atomic mass is 16.4. The number of aromatic carboxylic acids is 2. The summed E-state index contributed by atoms with van der Waals surface area (Å²) in [5.41, 5.74) is 10.1. The number of fused-ring (bicyclic) bond motifs is 2. The summed E-state index contributed by atoms with van der Waals surface area (Å²) >= 11 is 0. The van der Waals surface area contributed by atoms with E-state index in [4.69, 9.17) is 10.8 Å². The Labute approximate surface area is 231 Å². The van der Waals surface area contributed by atoms with Crippen molar-refractivity contribution in [3.63, 3.8) is 0 Å². The van der Waals surface area contributed by atoms with Crippen LogP contribution in [0.3, 0.4) is 0 Å². The molecule has 0 unspecified atom stereocenters. The first-order valence-electron chi connectivity index (χ1n) is 12.5. The highest BCUT2D eigenvalue weighted by molar-refractivity contribution is 6.08. The van der Waals surface area contributed by atoms with Gasteiger partial charge in [-0.25, -0.2) is 14.4 Å². The number of carboxylic acid groups (broad SMARTS) is 2. The number of nitrogens with one attached hydrogen (secondary N) is 2. The van der Waals surface area contributed by atoms with Gasteiger partial charge < -0.3 is 26.6 Å². The second-order valence-corrected chi connectivity index (χ2v) is 9.49. The number of hydrogen-bond donors (Lipinski definition) is 5. The topological polar surface area (TPSA) is 142 Å². The van der Waals surface area contributed by atoms with Gasteiger partial charge in [-0.05, 0) is 77.7 Å². The van der Waals surface area contributed by atoms with Crippen LogP contribution < -0.4 is 16.4 Å². The van der Waals surface area contributed by atoms with Crippen molar-refractivity contribution in [1.29, 1.82) is 0 Å². The average molecular weight is 536 g/mol. The Balaban J connectivity index is 0.000000222. The van der Waals surface area contributed by atoms with Gasteiger partial charge in [0.2, 0.25) is 0 Å². The number of carbonyl (C=O) groups excluding carboxylic acids is 1. The van der Waals surface area contributed by atoms with E-state index >= 15 is 0 Å². The second kappa shape index (κ2) is 11.6. The molecule has 5 aromatic rings. The predicted molar refractivity (Wildman–Crippen MR) is 160 cm³/mol. The van der Waals surface area contributed by atoms with Crippen molar-refractivity contribution in [2.45, 2.75) is 20.8 Å².